The zero-order valence-corrected chi connectivity index (χ0v) is 48.4. The predicted octanol–water partition coefficient (Wildman–Crippen LogP) is 14.7. The van der Waals surface area contributed by atoms with E-state index in [4.69, 9.17) is 37.9 Å². The summed E-state index contributed by atoms with van der Waals surface area (Å²) in [5.74, 6) is 4.33. The molecule has 0 aromatic rings. The Morgan fingerprint density at radius 1 is 0.417 bits per heavy atom. The number of hydrogen-bond acceptors (Lipinski definition) is 12. The summed E-state index contributed by atoms with van der Waals surface area (Å²) >= 11 is 0. The van der Waals surface area contributed by atoms with E-state index in [9.17, 15) is 19.2 Å². The molecule has 12 nitrogen and oxygen atoms in total. The molecule has 0 spiro atoms. The first-order chi connectivity index (χ1) is 34.0. The third-order valence-corrected chi connectivity index (χ3v) is 18.2. The zero-order valence-electron chi connectivity index (χ0n) is 48.4. The second-order valence-corrected chi connectivity index (χ2v) is 25.5. The standard InChI is InChI=1S/C19H32O3.2C14H26O3.C13H24O3/c1-5-18(2,3)17(20)22-12-21-11-19(4)15-7-13-6-14(9-15)10-16(19)8-13;1-4-14(2,3)13(15)17-11-16-10-12-8-6-5-7-9-12;1-4-14(2,3)13(15)17-11-16-12-9-7-5-6-8-10-12;1-4-13(2,3)12(14)16-10-15-9-11-7-5-6-8-11/h13-16H,5-12H2,1-4H3;2*12H,4-11H2,1-3H3;11H,4-10H2,1-3H3. The van der Waals surface area contributed by atoms with Gasteiger partial charge in [-0.3, -0.25) is 19.2 Å². The molecule has 0 amide bonds. The van der Waals surface area contributed by atoms with E-state index in [1.54, 1.807) is 0 Å². The fourth-order valence-electron chi connectivity index (χ4n) is 11.0. The highest BCUT2D eigenvalue weighted by molar-refractivity contribution is 5.77. The average Bonchev–Trinajstić information content (AvgIpc) is 3.76. The van der Waals surface area contributed by atoms with Crippen molar-refractivity contribution in [3.8, 4) is 0 Å². The predicted molar refractivity (Wildman–Crippen MR) is 284 cm³/mol. The third kappa shape index (κ3) is 21.8. The maximum absolute atomic E-state index is 12.0. The van der Waals surface area contributed by atoms with Crippen molar-refractivity contribution < 1.29 is 57.1 Å². The van der Waals surface area contributed by atoms with Crippen LogP contribution in [0.25, 0.3) is 0 Å². The van der Waals surface area contributed by atoms with Crippen LogP contribution < -0.4 is 0 Å². The van der Waals surface area contributed by atoms with Gasteiger partial charge in [0, 0.05) is 0 Å². The zero-order chi connectivity index (χ0) is 53.4. The monoisotopic (exact) mass is 1020 g/mol. The number of rotatable bonds is 23. The van der Waals surface area contributed by atoms with Crippen LogP contribution in [0.15, 0.2) is 0 Å². The van der Waals surface area contributed by atoms with Crippen molar-refractivity contribution >= 4 is 23.9 Å². The smallest absolute Gasteiger partial charge is 0.313 e. The number of ether oxygens (including phenoxy) is 8. The first-order valence-electron chi connectivity index (χ1n) is 29.1. The van der Waals surface area contributed by atoms with Gasteiger partial charge >= 0.3 is 23.9 Å². The van der Waals surface area contributed by atoms with E-state index >= 15 is 0 Å². The van der Waals surface area contributed by atoms with E-state index in [-0.39, 0.29) is 57.2 Å². The van der Waals surface area contributed by atoms with E-state index in [1.165, 1.54) is 116 Å². The van der Waals surface area contributed by atoms with Crippen LogP contribution in [0.3, 0.4) is 0 Å². The van der Waals surface area contributed by atoms with Gasteiger partial charge in [0.1, 0.15) is 0 Å². The van der Waals surface area contributed by atoms with Crippen molar-refractivity contribution in [1.82, 2.24) is 0 Å². The molecule has 0 unspecified atom stereocenters. The van der Waals surface area contributed by atoms with Gasteiger partial charge in [0.15, 0.2) is 27.2 Å². The van der Waals surface area contributed by atoms with Crippen LogP contribution in [0.1, 0.15) is 244 Å². The normalized spacial score (nSPS) is 24.8. The van der Waals surface area contributed by atoms with Crippen LogP contribution in [-0.4, -0.2) is 77.0 Å². The van der Waals surface area contributed by atoms with Crippen LogP contribution in [0, 0.1) is 62.6 Å². The molecule has 7 rings (SSSR count). The molecular formula is C60H108O12. The topological polar surface area (TPSA) is 142 Å². The summed E-state index contributed by atoms with van der Waals surface area (Å²) in [4.78, 5) is 46.9. The average molecular weight is 1020 g/mol. The van der Waals surface area contributed by atoms with Crippen LogP contribution in [0.5, 0.6) is 0 Å². The molecule has 420 valence electrons. The molecule has 4 bridgehead atoms. The summed E-state index contributed by atoms with van der Waals surface area (Å²) in [5.41, 5.74) is -1.28. The summed E-state index contributed by atoms with van der Waals surface area (Å²) < 4.78 is 43.0. The summed E-state index contributed by atoms with van der Waals surface area (Å²) in [7, 11) is 0. The number of carbonyl (C=O) groups excluding carboxylic acids is 4. The highest BCUT2D eigenvalue weighted by Crippen LogP contribution is 2.62. The SMILES string of the molecule is CCC(C)(C)C(=O)OCOC1CCCCCC1.CCC(C)(C)C(=O)OCOCC1(C)C2CC3CC(C2)CC1C3.CCC(C)(C)C(=O)OCOCC1CCCC1.CCC(C)(C)C(=O)OCOCC1CCCCC1. The largest absolute Gasteiger partial charge is 0.438 e. The van der Waals surface area contributed by atoms with Crippen molar-refractivity contribution in [2.24, 2.45) is 62.6 Å². The minimum Gasteiger partial charge on any atom is -0.438 e. The van der Waals surface area contributed by atoms with Crippen molar-refractivity contribution in [2.75, 3.05) is 47.0 Å². The number of esters is 4. The Labute approximate surface area is 439 Å². The number of hydrogen-bond donors (Lipinski definition) is 0. The fraction of sp³-hybridized carbons (Fsp3) is 0.933. The van der Waals surface area contributed by atoms with Crippen LogP contribution in [0.2, 0.25) is 0 Å². The molecular weight excluding hydrogens is 913 g/mol. The van der Waals surface area contributed by atoms with Gasteiger partial charge in [-0.2, -0.15) is 0 Å². The lowest BCUT2D eigenvalue weighted by Gasteiger charge is -2.60. The minimum absolute atomic E-state index is 0.110. The van der Waals surface area contributed by atoms with E-state index < -0.39 is 21.7 Å². The molecule has 0 heterocycles. The molecule has 7 fully saturated rings. The molecule has 0 saturated heterocycles. The van der Waals surface area contributed by atoms with Gasteiger partial charge in [-0.05, 0) is 193 Å². The van der Waals surface area contributed by atoms with Gasteiger partial charge in [0.05, 0.1) is 47.6 Å². The molecule has 0 radical (unpaired) electrons. The summed E-state index contributed by atoms with van der Waals surface area (Å²) in [6.45, 7) is 28.3. The summed E-state index contributed by atoms with van der Waals surface area (Å²) in [5, 5.41) is 0. The Balaban J connectivity index is 0.000000256. The molecule has 0 atom stereocenters. The van der Waals surface area contributed by atoms with E-state index in [0.29, 0.717) is 17.3 Å². The second kappa shape index (κ2) is 31.7. The molecule has 72 heavy (non-hydrogen) atoms. The molecule has 12 heteroatoms. The van der Waals surface area contributed by atoms with Crippen molar-refractivity contribution in [2.45, 2.75) is 250 Å². The van der Waals surface area contributed by atoms with E-state index in [1.807, 2.05) is 83.1 Å². The van der Waals surface area contributed by atoms with Gasteiger partial charge in [-0.25, -0.2) is 0 Å². The van der Waals surface area contributed by atoms with Gasteiger partial charge in [-0.1, -0.05) is 92.4 Å². The molecule has 0 N–H and O–H groups in total. The molecule has 7 aliphatic carbocycles. The Kier molecular flexibility index (Phi) is 28.2. The first-order valence-corrected chi connectivity index (χ1v) is 29.1. The quantitative estimate of drug-likeness (QED) is 0.0316. The molecule has 0 aliphatic heterocycles. The van der Waals surface area contributed by atoms with E-state index in [0.717, 1.165) is 82.0 Å². The Hall–Kier alpha value is -2.28. The maximum Gasteiger partial charge on any atom is 0.313 e. The Morgan fingerprint density at radius 2 is 0.722 bits per heavy atom. The molecule has 0 aromatic carbocycles. The molecule has 7 saturated carbocycles. The van der Waals surface area contributed by atoms with Gasteiger partial charge in [0.25, 0.3) is 0 Å². The third-order valence-electron chi connectivity index (χ3n) is 18.2. The van der Waals surface area contributed by atoms with Gasteiger partial charge in [-0.15, -0.1) is 0 Å². The van der Waals surface area contributed by atoms with Gasteiger partial charge < -0.3 is 37.9 Å². The second-order valence-electron chi connectivity index (χ2n) is 25.5. The molecule has 7 aliphatic rings. The maximum atomic E-state index is 12.0. The Morgan fingerprint density at radius 3 is 1.08 bits per heavy atom. The van der Waals surface area contributed by atoms with Crippen molar-refractivity contribution in [1.29, 1.82) is 0 Å². The van der Waals surface area contributed by atoms with Crippen LogP contribution in [0.4, 0.5) is 0 Å². The fourth-order valence-corrected chi connectivity index (χ4v) is 11.0. The van der Waals surface area contributed by atoms with Crippen LogP contribution >= 0.6 is 0 Å². The van der Waals surface area contributed by atoms with E-state index in [2.05, 4.69) is 6.92 Å². The highest BCUT2D eigenvalue weighted by atomic mass is 16.7. The molecule has 0 aromatic heterocycles. The lowest BCUT2D eigenvalue weighted by Crippen LogP contribution is -2.53. The van der Waals surface area contributed by atoms with Gasteiger partial charge in [0.2, 0.25) is 0 Å². The Bertz CT molecular complexity index is 1520. The lowest BCUT2D eigenvalue weighted by molar-refractivity contribution is -0.181. The van der Waals surface area contributed by atoms with Crippen LogP contribution in [-0.2, 0) is 57.1 Å². The lowest BCUT2D eigenvalue weighted by atomic mass is 9.46. The first kappa shape index (κ1) is 64.0. The number of carbonyl (C=O) groups is 4. The summed E-state index contributed by atoms with van der Waals surface area (Å²) in [6, 6.07) is 0. The summed E-state index contributed by atoms with van der Waals surface area (Å²) in [6.07, 6.45) is 29.5. The van der Waals surface area contributed by atoms with Crippen molar-refractivity contribution in [3.05, 3.63) is 0 Å². The van der Waals surface area contributed by atoms with Crippen molar-refractivity contribution in [3.63, 3.8) is 0 Å². The minimum atomic E-state index is -0.407. The highest BCUT2D eigenvalue weighted by Gasteiger charge is 2.54.